The smallest absolute Gasteiger partial charge is 0.213 e. The number of halogens is 1. The first-order chi connectivity index (χ1) is 17.8. The Labute approximate surface area is 222 Å². The van der Waals surface area contributed by atoms with E-state index in [1.54, 1.807) is 20.1 Å². The van der Waals surface area contributed by atoms with Crippen molar-refractivity contribution in [3.8, 4) is 17.4 Å². The second-order valence-electron chi connectivity index (χ2n) is 8.97. The fourth-order valence-electron chi connectivity index (χ4n) is 4.68. The number of ether oxygens (including phenoxy) is 2. The van der Waals surface area contributed by atoms with Crippen molar-refractivity contribution >= 4 is 21.4 Å². The quantitative estimate of drug-likeness (QED) is 0.352. The van der Waals surface area contributed by atoms with Crippen LogP contribution >= 0.6 is 11.6 Å². The molecule has 3 aromatic rings. The minimum atomic E-state index is -3.76. The van der Waals surface area contributed by atoms with Crippen LogP contribution < -0.4 is 4.74 Å². The van der Waals surface area contributed by atoms with Gasteiger partial charge in [0.05, 0.1) is 17.4 Å². The number of hydrogen-bond donors (Lipinski definition) is 0. The Morgan fingerprint density at radius 3 is 2.62 bits per heavy atom. The van der Waals surface area contributed by atoms with E-state index >= 15 is 0 Å². The Kier molecular flexibility index (Phi) is 8.73. The summed E-state index contributed by atoms with van der Waals surface area (Å²) < 4.78 is 39.9. The van der Waals surface area contributed by atoms with Crippen LogP contribution in [0.15, 0.2) is 30.6 Å². The molecule has 200 valence electrons. The third-order valence-corrected chi connectivity index (χ3v) is 9.00. The summed E-state index contributed by atoms with van der Waals surface area (Å²) in [6.07, 6.45) is 4.07. The molecule has 13 heteroatoms. The van der Waals surface area contributed by atoms with Crippen LogP contribution in [-0.2, 0) is 26.9 Å². The third-order valence-electron chi connectivity index (χ3n) is 6.76. The molecule has 0 amide bonds. The molecule has 3 atom stereocenters. The largest absolute Gasteiger partial charge is 0.481 e. The van der Waals surface area contributed by atoms with E-state index < -0.39 is 21.2 Å². The number of pyridine rings is 1. The molecule has 0 bridgehead atoms. The maximum Gasteiger partial charge on any atom is 0.213 e. The van der Waals surface area contributed by atoms with E-state index in [-0.39, 0.29) is 17.6 Å². The first-order valence-electron chi connectivity index (χ1n) is 12.2. The molecule has 1 aliphatic heterocycles. The zero-order valence-corrected chi connectivity index (χ0v) is 23.0. The number of sulfone groups is 1. The van der Waals surface area contributed by atoms with Crippen molar-refractivity contribution in [3.05, 3.63) is 47.3 Å². The average Bonchev–Trinajstić information content (AvgIpc) is 3.52. The molecule has 0 unspecified atom stereocenters. The lowest BCUT2D eigenvalue weighted by Gasteiger charge is -2.25. The molecule has 1 saturated heterocycles. The number of methoxy groups -OCH3 is 2. The Balaban J connectivity index is 1.68. The van der Waals surface area contributed by atoms with Crippen LogP contribution in [0.25, 0.3) is 11.5 Å². The van der Waals surface area contributed by atoms with Crippen molar-refractivity contribution in [3.63, 3.8) is 0 Å². The maximum absolute atomic E-state index is 13.6. The molecule has 0 aliphatic carbocycles. The van der Waals surface area contributed by atoms with Gasteiger partial charge < -0.3 is 14.0 Å². The maximum atomic E-state index is 13.6. The van der Waals surface area contributed by atoms with Crippen molar-refractivity contribution in [1.29, 1.82) is 0 Å². The van der Waals surface area contributed by atoms with E-state index in [1.165, 1.54) is 19.5 Å². The van der Waals surface area contributed by atoms with Gasteiger partial charge in [-0.15, -0.1) is 10.2 Å². The van der Waals surface area contributed by atoms with Gasteiger partial charge in [0.2, 0.25) is 5.88 Å². The second-order valence-corrected chi connectivity index (χ2v) is 11.8. The average molecular weight is 550 g/mol. The predicted octanol–water partition coefficient (Wildman–Crippen LogP) is 2.97. The van der Waals surface area contributed by atoms with Gasteiger partial charge in [-0.05, 0) is 38.9 Å². The highest BCUT2D eigenvalue weighted by Gasteiger charge is 2.35. The van der Waals surface area contributed by atoms with Crippen LogP contribution in [0.3, 0.4) is 0 Å². The SMILES string of the molecule is CCN1CCC[C@@H]1Cn1c(CS(=O)(=O)[C@@H](C)[C@H](OC)c2ncc(Cl)cn2)nnc1-c1cccc(OC)n1. The zero-order chi connectivity index (χ0) is 26.6. The summed E-state index contributed by atoms with van der Waals surface area (Å²) >= 11 is 5.90. The monoisotopic (exact) mass is 549 g/mol. The molecule has 0 radical (unpaired) electrons. The van der Waals surface area contributed by atoms with Crippen molar-refractivity contribution in [2.24, 2.45) is 0 Å². The second kappa shape index (κ2) is 11.8. The van der Waals surface area contributed by atoms with Gasteiger partial charge in [0.25, 0.3) is 0 Å². The zero-order valence-electron chi connectivity index (χ0n) is 21.4. The molecule has 0 spiro atoms. The summed E-state index contributed by atoms with van der Waals surface area (Å²) in [4.78, 5) is 15.2. The first-order valence-corrected chi connectivity index (χ1v) is 14.3. The lowest BCUT2D eigenvalue weighted by molar-refractivity contribution is 0.0948. The lowest BCUT2D eigenvalue weighted by Crippen LogP contribution is -2.34. The molecule has 4 rings (SSSR count). The van der Waals surface area contributed by atoms with Crippen molar-refractivity contribution in [2.45, 2.75) is 56.4 Å². The molecular formula is C24H32ClN7O4S. The van der Waals surface area contributed by atoms with Crippen molar-refractivity contribution in [1.82, 2.24) is 34.6 Å². The summed E-state index contributed by atoms with van der Waals surface area (Å²) in [6.45, 7) is 6.20. The van der Waals surface area contributed by atoms with Crippen LogP contribution in [0.5, 0.6) is 5.88 Å². The highest BCUT2D eigenvalue weighted by Crippen LogP contribution is 2.28. The van der Waals surface area contributed by atoms with E-state index in [0.29, 0.717) is 34.8 Å². The van der Waals surface area contributed by atoms with Gasteiger partial charge in [0.15, 0.2) is 21.5 Å². The number of hydrogen-bond acceptors (Lipinski definition) is 10. The van der Waals surface area contributed by atoms with Crippen LogP contribution in [0.2, 0.25) is 5.02 Å². The Bertz CT molecular complexity index is 1300. The van der Waals surface area contributed by atoms with Crippen molar-refractivity contribution in [2.75, 3.05) is 27.3 Å². The normalized spacial score (nSPS) is 18.1. The summed E-state index contributed by atoms with van der Waals surface area (Å²) in [5, 5.41) is 8.11. The van der Waals surface area contributed by atoms with E-state index in [9.17, 15) is 8.42 Å². The van der Waals surface area contributed by atoms with E-state index in [1.807, 2.05) is 16.7 Å². The molecular weight excluding hydrogens is 518 g/mol. The first kappa shape index (κ1) is 27.4. The van der Waals surface area contributed by atoms with E-state index in [0.717, 1.165) is 25.9 Å². The van der Waals surface area contributed by atoms with Gasteiger partial charge in [0.1, 0.15) is 23.4 Å². The Hall–Kier alpha value is -2.67. The highest BCUT2D eigenvalue weighted by atomic mass is 35.5. The van der Waals surface area contributed by atoms with Gasteiger partial charge in [-0.2, -0.15) is 0 Å². The topological polar surface area (TPSA) is 125 Å². The fourth-order valence-corrected chi connectivity index (χ4v) is 6.22. The molecule has 11 nitrogen and oxygen atoms in total. The lowest BCUT2D eigenvalue weighted by atomic mass is 10.2. The number of likely N-dealkylation sites (tertiary alicyclic amines) is 1. The number of rotatable bonds is 11. The van der Waals surface area contributed by atoms with Gasteiger partial charge in [-0.1, -0.05) is 24.6 Å². The number of likely N-dealkylation sites (N-methyl/N-ethyl adjacent to an activating group) is 1. The molecule has 3 aromatic heterocycles. The number of aromatic nitrogens is 6. The Morgan fingerprint density at radius 1 is 1.19 bits per heavy atom. The molecule has 4 heterocycles. The minimum absolute atomic E-state index is 0.246. The molecule has 0 N–H and O–H groups in total. The number of nitrogens with zero attached hydrogens (tertiary/aromatic N) is 7. The van der Waals surface area contributed by atoms with E-state index in [2.05, 4.69) is 37.0 Å². The minimum Gasteiger partial charge on any atom is -0.481 e. The predicted molar refractivity (Wildman–Crippen MR) is 139 cm³/mol. The fraction of sp³-hybridized carbons (Fsp3) is 0.542. The van der Waals surface area contributed by atoms with Crippen molar-refractivity contribution < 1.29 is 17.9 Å². The Morgan fingerprint density at radius 2 is 1.95 bits per heavy atom. The van der Waals surface area contributed by atoms with Gasteiger partial charge >= 0.3 is 0 Å². The standard InChI is InChI=1S/C24H32ClN7O4S/c1-5-31-11-7-8-18(31)14-32-20(29-30-24(32)19-9-6-10-21(28-19)35-3)15-37(33,34)16(2)22(36-4)23-26-12-17(25)13-27-23/h6,9-10,12-13,16,18,22H,5,7-8,11,14-15H2,1-4H3/t16-,18+,22-/m0/s1. The van der Waals surface area contributed by atoms with Gasteiger partial charge in [-0.25, -0.2) is 23.4 Å². The molecule has 37 heavy (non-hydrogen) atoms. The van der Waals surface area contributed by atoms with Gasteiger partial charge in [0, 0.05) is 38.2 Å². The van der Waals surface area contributed by atoms with Gasteiger partial charge in [-0.3, -0.25) is 4.90 Å². The molecule has 0 aromatic carbocycles. The molecule has 0 saturated carbocycles. The highest BCUT2D eigenvalue weighted by molar-refractivity contribution is 7.91. The van der Waals surface area contributed by atoms with Crippen LogP contribution in [0.4, 0.5) is 0 Å². The summed E-state index contributed by atoms with van der Waals surface area (Å²) in [7, 11) is -0.780. The third kappa shape index (κ3) is 6.08. The van der Waals surface area contributed by atoms with E-state index in [4.69, 9.17) is 21.1 Å². The van der Waals surface area contributed by atoms with Crippen LogP contribution in [0, 0.1) is 0 Å². The summed E-state index contributed by atoms with van der Waals surface area (Å²) in [6, 6.07) is 5.63. The van der Waals surface area contributed by atoms with Crippen LogP contribution in [-0.4, -0.2) is 81.6 Å². The molecule has 1 fully saturated rings. The van der Waals surface area contributed by atoms with Crippen LogP contribution in [0.1, 0.15) is 44.4 Å². The summed E-state index contributed by atoms with van der Waals surface area (Å²) in [5.41, 5.74) is 0.564. The molecule has 1 aliphatic rings. The summed E-state index contributed by atoms with van der Waals surface area (Å²) in [5.74, 6) is 1.22.